The molecule has 106 valence electrons. The van der Waals surface area contributed by atoms with Crippen LogP contribution in [0.5, 0.6) is 0 Å². The summed E-state index contributed by atoms with van der Waals surface area (Å²) in [6.45, 7) is 8.25. The monoisotopic (exact) mass is 294 g/mol. The lowest BCUT2D eigenvalue weighted by Gasteiger charge is -2.39. The summed E-state index contributed by atoms with van der Waals surface area (Å²) >= 11 is 1.75. The molecule has 0 fully saturated rings. The first-order valence-corrected chi connectivity index (χ1v) is 8.00. The van der Waals surface area contributed by atoms with Gasteiger partial charge in [0.05, 0.1) is 0 Å². The van der Waals surface area contributed by atoms with Crippen LogP contribution < -0.4 is 5.46 Å². The van der Waals surface area contributed by atoms with Crippen LogP contribution >= 0.6 is 11.3 Å². The Morgan fingerprint density at radius 2 is 2.10 bits per heavy atom. The quantitative estimate of drug-likeness (QED) is 0.663. The van der Waals surface area contributed by atoms with Gasteiger partial charge in [-0.2, -0.15) is 0 Å². The number of rotatable bonds is 2. The lowest BCUT2D eigenvalue weighted by Crippen LogP contribution is -2.36. The predicted molar refractivity (Wildman–Crippen MR) is 91.3 cm³/mol. The van der Waals surface area contributed by atoms with Crippen LogP contribution in [0.1, 0.15) is 30.7 Å². The van der Waals surface area contributed by atoms with E-state index in [2.05, 4.69) is 32.6 Å². The SMILES string of the molecule is [B]c1cccc(-c2cc3c(s2)CC(C)(C)CC3(O)C=C)c1. The summed E-state index contributed by atoms with van der Waals surface area (Å²) < 4.78 is 0. The summed E-state index contributed by atoms with van der Waals surface area (Å²) in [7, 11) is 5.88. The van der Waals surface area contributed by atoms with Crippen LogP contribution in [0.4, 0.5) is 0 Å². The van der Waals surface area contributed by atoms with Crippen molar-refractivity contribution in [1.82, 2.24) is 0 Å². The summed E-state index contributed by atoms with van der Waals surface area (Å²) in [6, 6.07) is 10.0. The molecule has 0 bridgehead atoms. The van der Waals surface area contributed by atoms with Crippen molar-refractivity contribution in [2.24, 2.45) is 5.41 Å². The Morgan fingerprint density at radius 3 is 2.76 bits per heavy atom. The minimum Gasteiger partial charge on any atom is -0.381 e. The second-order valence-electron chi connectivity index (χ2n) is 6.72. The highest BCUT2D eigenvalue weighted by atomic mass is 32.1. The van der Waals surface area contributed by atoms with Gasteiger partial charge in [-0.15, -0.1) is 11.3 Å². The van der Waals surface area contributed by atoms with E-state index < -0.39 is 5.60 Å². The Hall–Kier alpha value is -1.32. The van der Waals surface area contributed by atoms with E-state index in [0.717, 1.165) is 27.9 Å². The molecule has 0 spiro atoms. The van der Waals surface area contributed by atoms with E-state index >= 15 is 0 Å². The van der Waals surface area contributed by atoms with Crippen LogP contribution in [-0.2, 0) is 12.0 Å². The number of hydrogen-bond acceptors (Lipinski definition) is 2. The molecule has 1 atom stereocenters. The maximum Gasteiger partial charge on any atom is 0.113 e. The maximum absolute atomic E-state index is 10.9. The molecule has 21 heavy (non-hydrogen) atoms. The van der Waals surface area contributed by atoms with Crippen LogP contribution in [-0.4, -0.2) is 13.0 Å². The molecule has 0 amide bonds. The van der Waals surface area contributed by atoms with Crippen LogP contribution in [0, 0.1) is 5.41 Å². The summed E-state index contributed by atoms with van der Waals surface area (Å²) in [5.41, 5.74) is 2.04. The molecule has 3 rings (SSSR count). The lowest BCUT2D eigenvalue weighted by molar-refractivity contribution is 0.0276. The number of hydrogen-bond donors (Lipinski definition) is 1. The Balaban J connectivity index is 2.12. The number of aliphatic hydroxyl groups is 1. The maximum atomic E-state index is 10.9. The fourth-order valence-electron chi connectivity index (χ4n) is 3.26. The van der Waals surface area contributed by atoms with Gasteiger partial charge in [-0.05, 0) is 29.9 Å². The summed E-state index contributed by atoms with van der Waals surface area (Å²) in [5.74, 6) is 0. The fraction of sp³-hybridized carbons (Fsp3) is 0.333. The van der Waals surface area contributed by atoms with Crippen molar-refractivity contribution in [3.05, 3.63) is 53.4 Å². The summed E-state index contributed by atoms with van der Waals surface area (Å²) in [4.78, 5) is 2.41. The molecule has 2 aromatic rings. The van der Waals surface area contributed by atoms with Crippen LogP contribution in [0.2, 0.25) is 0 Å². The van der Waals surface area contributed by atoms with E-state index in [4.69, 9.17) is 7.85 Å². The van der Waals surface area contributed by atoms with Crippen LogP contribution in [0.3, 0.4) is 0 Å². The number of benzene rings is 1. The molecule has 0 aliphatic heterocycles. The van der Waals surface area contributed by atoms with Gasteiger partial charge in [0.15, 0.2) is 0 Å². The first kappa shape index (κ1) is 14.6. The third-order valence-corrected chi connectivity index (χ3v) is 5.36. The van der Waals surface area contributed by atoms with Gasteiger partial charge in [0.25, 0.3) is 0 Å². The van der Waals surface area contributed by atoms with E-state index in [0.29, 0.717) is 6.42 Å². The molecule has 1 aliphatic carbocycles. The topological polar surface area (TPSA) is 20.2 Å². The molecule has 1 heterocycles. The molecule has 1 nitrogen and oxygen atoms in total. The number of fused-ring (bicyclic) bond motifs is 1. The van der Waals surface area contributed by atoms with Crippen molar-refractivity contribution < 1.29 is 5.11 Å². The van der Waals surface area contributed by atoms with Crippen molar-refractivity contribution in [2.75, 3.05) is 0 Å². The molecular formula is C18H19BOS. The van der Waals surface area contributed by atoms with Gasteiger partial charge in [-0.25, -0.2) is 0 Å². The first-order chi connectivity index (χ1) is 9.83. The highest BCUT2D eigenvalue weighted by Crippen LogP contribution is 2.49. The average molecular weight is 294 g/mol. The molecular weight excluding hydrogens is 275 g/mol. The third kappa shape index (κ3) is 2.61. The van der Waals surface area contributed by atoms with E-state index in [9.17, 15) is 5.11 Å². The minimum atomic E-state index is -0.924. The molecule has 1 aromatic heterocycles. The minimum absolute atomic E-state index is 0.0772. The van der Waals surface area contributed by atoms with E-state index in [1.54, 1.807) is 17.4 Å². The van der Waals surface area contributed by atoms with Gasteiger partial charge in [-0.3, -0.25) is 0 Å². The lowest BCUT2D eigenvalue weighted by atomic mass is 9.69. The van der Waals surface area contributed by atoms with Gasteiger partial charge in [0, 0.05) is 15.3 Å². The van der Waals surface area contributed by atoms with Crippen molar-refractivity contribution in [2.45, 2.75) is 32.3 Å². The van der Waals surface area contributed by atoms with Crippen LogP contribution in [0.25, 0.3) is 10.4 Å². The predicted octanol–water partition coefficient (Wildman–Crippen LogP) is 3.55. The molecule has 3 heteroatoms. The van der Waals surface area contributed by atoms with Crippen molar-refractivity contribution in [3.8, 4) is 10.4 Å². The van der Waals surface area contributed by atoms with Gasteiger partial charge >= 0.3 is 0 Å². The molecule has 0 saturated heterocycles. The smallest absolute Gasteiger partial charge is 0.113 e. The standard InChI is InChI=1S/C18H19BOS/c1-4-18(20)11-17(2,3)10-16-14(18)9-15(21-16)12-6-5-7-13(19)8-12/h4-9,20H,1,10-11H2,2-3H3. The first-order valence-electron chi connectivity index (χ1n) is 7.18. The van der Waals surface area contributed by atoms with Crippen LogP contribution in [0.15, 0.2) is 43.0 Å². The van der Waals surface area contributed by atoms with E-state index in [1.807, 2.05) is 18.2 Å². The molecule has 1 aromatic carbocycles. The van der Waals surface area contributed by atoms with E-state index in [1.165, 1.54) is 4.88 Å². The van der Waals surface area contributed by atoms with Crippen molar-refractivity contribution in [1.29, 1.82) is 0 Å². The van der Waals surface area contributed by atoms with E-state index in [-0.39, 0.29) is 5.41 Å². The molecule has 2 radical (unpaired) electrons. The Morgan fingerprint density at radius 1 is 1.33 bits per heavy atom. The second-order valence-corrected chi connectivity index (χ2v) is 7.86. The largest absolute Gasteiger partial charge is 0.381 e. The van der Waals surface area contributed by atoms with Crippen molar-refractivity contribution in [3.63, 3.8) is 0 Å². The summed E-state index contributed by atoms with van der Waals surface area (Å²) in [5, 5.41) is 10.9. The highest BCUT2D eigenvalue weighted by Gasteiger charge is 2.41. The Bertz CT molecular complexity index is 701. The normalized spacial score (nSPS) is 23.6. The Kier molecular flexibility index (Phi) is 3.38. The van der Waals surface area contributed by atoms with Gasteiger partial charge in [0.2, 0.25) is 0 Å². The molecule has 0 saturated carbocycles. The zero-order valence-electron chi connectivity index (χ0n) is 12.5. The second kappa shape index (κ2) is 4.86. The zero-order valence-corrected chi connectivity index (χ0v) is 13.3. The number of thiophene rings is 1. The highest BCUT2D eigenvalue weighted by molar-refractivity contribution is 7.15. The fourth-order valence-corrected chi connectivity index (χ4v) is 4.76. The Labute approximate surface area is 131 Å². The zero-order chi connectivity index (χ0) is 15.3. The average Bonchev–Trinajstić information content (AvgIpc) is 2.82. The molecule has 1 unspecified atom stereocenters. The molecule has 1 aliphatic rings. The summed E-state index contributed by atoms with van der Waals surface area (Å²) in [6.07, 6.45) is 3.39. The molecule has 1 N–H and O–H groups in total. The third-order valence-electron chi connectivity index (χ3n) is 4.17. The van der Waals surface area contributed by atoms with Crippen molar-refractivity contribution >= 4 is 24.6 Å². The van der Waals surface area contributed by atoms with Gasteiger partial charge in [-0.1, -0.05) is 56.2 Å². The van der Waals surface area contributed by atoms with Gasteiger partial charge in [0.1, 0.15) is 13.4 Å². The van der Waals surface area contributed by atoms with Gasteiger partial charge < -0.3 is 5.11 Å².